The molecule has 3 atom stereocenters. The maximum absolute atomic E-state index is 12.9. The van der Waals surface area contributed by atoms with E-state index in [4.69, 9.17) is 9.47 Å². The molecule has 26 heavy (non-hydrogen) atoms. The number of ether oxygens (including phenoxy) is 2. The molecule has 1 saturated heterocycles. The molecule has 2 fully saturated rings. The number of amides is 1. The Bertz CT molecular complexity index is 798. The smallest absolute Gasteiger partial charge is 0.226 e. The Morgan fingerprint density at radius 1 is 1.27 bits per heavy atom. The lowest BCUT2D eigenvalue weighted by Crippen LogP contribution is -2.34. The first-order chi connectivity index (χ1) is 12.8. The van der Waals surface area contributed by atoms with Crippen molar-refractivity contribution in [3.05, 3.63) is 35.8 Å². The molecule has 1 amide bonds. The molecule has 0 aromatic carbocycles. The van der Waals surface area contributed by atoms with Gasteiger partial charge in [0.1, 0.15) is 12.3 Å². The number of rotatable bonds is 4. The molecule has 0 radical (unpaired) electrons. The van der Waals surface area contributed by atoms with Crippen molar-refractivity contribution in [1.82, 2.24) is 24.9 Å². The van der Waals surface area contributed by atoms with Crippen LogP contribution >= 0.6 is 0 Å². The van der Waals surface area contributed by atoms with E-state index in [1.165, 1.54) is 0 Å². The van der Waals surface area contributed by atoms with Crippen LogP contribution in [-0.4, -0.2) is 50.5 Å². The van der Waals surface area contributed by atoms with Crippen LogP contribution in [-0.2, 0) is 29.2 Å². The molecular weight excluding hydrogens is 334 g/mol. The van der Waals surface area contributed by atoms with Gasteiger partial charge in [-0.1, -0.05) is 11.3 Å². The normalized spacial score (nSPS) is 26.8. The number of hydrogen-bond acceptors (Lipinski definition) is 6. The number of fused-ring (bicyclic) bond motifs is 2. The van der Waals surface area contributed by atoms with Crippen molar-refractivity contribution in [1.29, 1.82) is 0 Å². The van der Waals surface area contributed by atoms with Crippen LogP contribution in [0.4, 0.5) is 0 Å². The summed E-state index contributed by atoms with van der Waals surface area (Å²) in [6, 6.07) is 5.54. The lowest BCUT2D eigenvalue weighted by molar-refractivity contribution is -0.134. The molecule has 0 bridgehead atoms. The zero-order chi connectivity index (χ0) is 17.5. The summed E-state index contributed by atoms with van der Waals surface area (Å²) in [6.45, 7) is 3.85. The van der Waals surface area contributed by atoms with Gasteiger partial charge in [-0.25, -0.2) is 9.67 Å². The van der Waals surface area contributed by atoms with E-state index in [1.807, 2.05) is 27.8 Å². The predicted octanol–water partition coefficient (Wildman–Crippen LogP) is 0.877. The SMILES string of the molecule is O=C(C1[C@H]2COC[C@@H]12)N1CCCn2nnc(COc3ccccn3)c2C1. The largest absolute Gasteiger partial charge is 0.471 e. The average Bonchev–Trinajstić information content (AvgIpc) is 3.02. The van der Waals surface area contributed by atoms with Gasteiger partial charge in [-0.2, -0.15) is 0 Å². The number of carbonyl (C=O) groups excluding carboxylic acids is 1. The van der Waals surface area contributed by atoms with Gasteiger partial charge in [0.05, 0.1) is 25.5 Å². The molecule has 8 heteroatoms. The minimum absolute atomic E-state index is 0.152. The van der Waals surface area contributed by atoms with E-state index in [2.05, 4.69) is 15.3 Å². The van der Waals surface area contributed by atoms with Gasteiger partial charge >= 0.3 is 0 Å². The van der Waals surface area contributed by atoms with E-state index in [-0.39, 0.29) is 11.8 Å². The van der Waals surface area contributed by atoms with Crippen LogP contribution in [0.3, 0.4) is 0 Å². The van der Waals surface area contributed by atoms with Gasteiger partial charge in [-0.3, -0.25) is 4.79 Å². The standard InChI is InChI=1S/C18H21N5O3/c24-18(17-12-9-25-10-13(12)17)22-6-3-7-23-15(8-22)14(20-21-23)11-26-16-4-1-2-5-19-16/h1-2,4-5,12-13,17H,3,6-11H2/t12-,13+,17?. The Morgan fingerprint density at radius 2 is 2.15 bits per heavy atom. The lowest BCUT2D eigenvalue weighted by atomic mass is 10.2. The van der Waals surface area contributed by atoms with Crippen LogP contribution in [0.1, 0.15) is 17.8 Å². The highest BCUT2D eigenvalue weighted by Gasteiger charge is 2.58. The molecule has 5 rings (SSSR count). The molecule has 2 aliphatic heterocycles. The van der Waals surface area contributed by atoms with Crippen LogP contribution in [0.2, 0.25) is 0 Å². The summed E-state index contributed by atoms with van der Waals surface area (Å²) in [6.07, 6.45) is 2.58. The first kappa shape index (κ1) is 15.7. The number of pyridine rings is 1. The molecule has 1 aliphatic carbocycles. The van der Waals surface area contributed by atoms with Gasteiger partial charge in [0, 0.05) is 31.3 Å². The number of aromatic nitrogens is 4. The average molecular weight is 355 g/mol. The van der Waals surface area contributed by atoms with Crippen molar-refractivity contribution in [3.8, 4) is 5.88 Å². The van der Waals surface area contributed by atoms with E-state index < -0.39 is 0 Å². The molecule has 2 aromatic rings. The molecule has 4 heterocycles. The van der Waals surface area contributed by atoms with Crippen molar-refractivity contribution < 1.29 is 14.3 Å². The Hall–Kier alpha value is -2.48. The molecule has 0 spiro atoms. The van der Waals surface area contributed by atoms with Crippen LogP contribution < -0.4 is 4.74 Å². The predicted molar refractivity (Wildman–Crippen MR) is 89.9 cm³/mol. The van der Waals surface area contributed by atoms with E-state index in [0.717, 1.165) is 44.1 Å². The number of hydrogen-bond donors (Lipinski definition) is 0. The third-order valence-electron chi connectivity index (χ3n) is 5.60. The molecule has 0 N–H and O–H groups in total. The second kappa shape index (κ2) is 6.35. The Kier molecular flexibility index (Phi) is 3.85. The fraction of sp³-hybridized carbons (Fsp3) is 0.556. The number of carbonyl (C=O) groups is 1. The maximum Gasteiger partial charge on any atom is 0.226 e. The van der Waals surface area contributed by atoms with Crippen molar-refractivity contribution in [2.75, 3.05) is 19.8 Å². The molecule has 1 unspecified atom stereocenters. The third-order valence-corrected chi connectivity index (χ3v) is 5.60. The number of nitrogens with zero attached hydrogens (tertiary/aromatic N) is 5. The van der Waals surface area contributed by atoms with E-state index in [9.17, 15) is 4.79 Å². The summed E-state index contributed by atoms with van der Waals surface area (Å²) < 4.78 is 13.0. The highest BCUT2D eigenvalue weighted by atomic mass is 16.5. The highest BCUT2D eigenvalue weighted by Crippen LogP contribution is 2.51. The van der Waals surface area contributed by atoms with E-state index in [1.54, 1.807) is 6.20 Å². The van der Waals surface area contributed by atoms with Gasteiger partial charge in [0.2, 0.25) is 11.8 Å². The first-order valence-corrected chi connectivity index (χ1v) is 9.13. The topological polar surface area (TPSA) is 82.4 Å². The Balaban J connectivity index is 1.30. The number of aryl methyl sites for hydroxylation is 1. The van der Waals surface area contributed by atoms with Gasteiger partial charge in [-0.15, -0.1) is 5.10 Å². The summed E-state index contributed by atoms with van der Waals surface area (Å²) in [5.41, 5.74) is 1.74. The Morgan fingerprint density at radius 3 is 2.96 bits per heavy atom. The third kappa shape index (κ3) is 2.74. The Labute approximate surface area is 151 Å². The summed E-state index contributed by atoms with van der Waals surface area (Å²) >= 11 is 0. The highest BCUT2D eigenvalue weighted by molar-refractivity contribution is 5.82. The molecule has 1 saturated carbocycles. The molecular formula is C18H21N5O3. The van der Waals surface area contributed by atoms with Gasteiger partial charge in [0.25, 0.3) is 0 Å². The van der Waals surface area contributed by atoms with Gasteiger partial charge in [-0.05, 0) is 24.3 Å². The van der Waals surface area contributed by atoms with E-state index >= 15 is 0 Å². The summed E-state index contributed by atoms with van der Waals surface area (Å²) in [7, 11) is 0. The van der Waals surface area contributed by atoms with Crippen molar-refractivity contribution in [3.63, 3.8) is 0 Å². The molecule has 3 aliphatic rings. The van der Waals surface area contributed by atoms with Crippen molar-refractivity contribution in [2.45, 2.75) is 26.1 Å². The summed E-state index contributed by atoms with van der Waals surface area (Å²) in [4.78, 5) is 19.1. The monoisotopic (exact) mass is 355 g/mol. The fourth-order valence-electron chi connectivity index (χ4n) is 4.08. The minimum atomic E-state index is 0.152. The molecule has 8 nitrogen and oxygen atoms in total. The van der Waals surface area contributed by atoms with Crippen LogP contribution in [0, 0.1) is 17.8 Å². The molecule has 2 aromatic heterocycles. The minimum Gasteiger partial charge on any atom is -0.471 e. The van der Waals surface area contributed by atoms with E-state index in [0.29, 0.717) is 30.9 Å². The van der Waals surface area contributed by atoms with Gasteiger partial charge in [0.15, 0.2) is 0 Å². The summed E-state index contributed by atoms with van der Waals surface area (Å²) in [5.74, 6) is 1.83. The first-order valence-electron chi connectivity index (χ1n) is 9.13. The van der Waals surface area contributed by atoms with Crippen LogP contribution in [0.5, 0.6) is 5.88 Å². The van der Waals surface area contributed by atoms with Gasteiger partial charge < -0.3 is 14.4 Å². The second-order valence-corrected chi connectivity index (χ2v) is 7.17. The van der Waals surface area contributed by atoms with Crippen molar-refractivity contribution in [2.24, 2.45) is 17.8 Å². The zero-order valence-corrected chi connectivity index (χ0v) is 14.5. The maximum atomic E-state index is 12.9. The van der Waals surface area contributed by atoms with Crippen LogP contribution in [0.25, 0.3) is 0 Å². The quantitative estimate of drug-likeness (QED) is 0.810. The zero-order valence-electron chi connectivity index (χ0n) is 14.5. The second-order valence-electron chi connectivity index (χ2n) is 7.17. The van der Waals surface area contributed by atoms with Crippen LogP contribution in [0.15, 0.2) is 24.4 Å². The fourth-order valence-corrected chi connectivity index (χ4v) is 4.08. The summed E-state index contributed by atoms with van der Waals surface area (Å²) in [5, 5.41) is 8.52. The molecule has 136 valence electrons. The lowest BCUT2D eigenvalue weighted by Gasteiger charge is -2.21. The van der Waals surface area contributed by atoms with Crippen molar-refractivity contribution >= 4 is 5.91 Å².